The molecule has 0 saturated carbocycles. The van der Waals surface area contributed by atoms with E-state index >= 15 is 0 Å². The first-order valence-corrected chi connectivity index (χ1v) is 6.55. The minimum Gasteiger partial charge on any atom is -0.442 e. The van der Waals surface area contributed by atoms with E-state index in [0.717, 1.165) is 0 Å². The quantitative estimate of drug-likeness (QED) is 0.631. The van der Waals surface area contributed by atoms with E-state index in [9.17, 15) is 9.59 Å². The second-order valence-corrected chi connectivity index (χ2v) is 6.23. The Labute approximate surface area is 120 Å². The summed E-state index contributed by atoms with van der Waals surface area (Å²) in [4.78, 5) is 29.0. The fraction of sp³-hybridized carbons (Fsp3) is 0.846. The highest BCUT2D eigenvalue weighted by Gasteiger charge is 2.32. The number of ether oxygens (including phenoxy) is 2. The summed E-state index contributed by atoms with van der Waals surface area (Å²) in [6, 6.07) is 0. The summed E-state index contributed by atoms with van der Waals surface area (Å²) in [5.74, 6) is 0. The zero-order valence-electron chi connectivity index (χ0n) is 13.2. The molecule has 0 heterocycles. The lowest BCUT2D eigenvalue weighted by Gasteiger charge is -2.27. The first kappa shape index (κ1) is 18.7. The van der Waals surface area contributed by atoms with Gasteiger partial charge in [0.15, 0.2) is 0 Å². The smallest absolute Gasteiger partial charge is 0.442 e. The van der Waals surface area contributed by atoms with Gasteiger partial charge < -0.3 is 15.2 Å². The molecule has 0 radical (unpaired) electrons. The molecule has 0 saturated heterocycles. The van der Waals surface area contributed by atoms with Crippen molar-refractivity contribution in [1.29, 1.82) is 0 Å². The Kier molecular flexibility index (Phi) is 6.95. The molecule has 0 spiro atoms. The molecule has 0 unspecified atom stereocenters. The maximum atomic E-state index is 11.9. The standard InChI is InChI=1S/C13H26N2O5/c1-12(2,3)19-10(16)15(18-9-7-8-14)11(17)20-13(4,5)6/h7-9,14H2,1-6H3. The van der Waals surface area contributed by atoms with Gasteiger partial charge >= 0.3 is 12.2 Å². The van der Waals surface area contributed by atoms with Gasteiger partial charge in [0.05, 0.1) is 6.61 Å². The normalized spacial score (nSPS) is 11.9. The summed E-state index contributed by atoms with van der Waals surface area (Å²) in [6.45, 7) is 10.7. The molecule has 20 heavy (non-hydrogen) atoms. The lowest BCUT2D eigenvalue weighted by Crippen LogP contribution is -2.43. The Balaban J connectivity index is 4.79. The molecule has 0 aromatic heterocycles. The summed E-state index contributed by atoms with van der Waals surface area (Å²) in [6.07, 6.45) is -1.32. The van der Waals surface area contributed by atoms with Crippen molar-refractivity contribution in [2.24, 2.45) is 5.73 Å². The molecule has 2 amide bonds. The first-order chi connectivity index (χ1) is 8.96. The van der Waals surface area contributed by atoms with E-state index in [0.29, 0.717) is 18.0 Å². The maximum Gasteiger partial charge on any atom is 0.444 e. The van der Waals surface area contributed by atoms with Crippen LogP contribution in [0.1, 0.15) is 48.0 Å². The van der Waals surface area contributed by atoms with Crippen LogP contribution in [0.25, 0.3) is 0 Å². The number of amides is 2. The second-order valence-electron chi connectivity index (χ2n) is 6.23. The van der Waals surface area contributed by atoms with E-state index in [1.807, 2.05) is 0 Å². The maximum absolute atomic E-state index is 11.9. The molecule has 0 atom stereocenters. The van der Waals surface area contributed by atoms with Gasteiger partial charge in [0.2, 0.25) is 0 Å². The molecule has 7 heteroatoms. The second kappa shape index (κ2) is 7.44. The van der Waals surface area contributed by atoms with E-state index in [1.54, 1.807) is 41.5 Å². The molecule has 0 aromatic carbocycles. The first-order valence-electron chi connectivity index (χ1n) is 6.55. The van der Waals surface area contributed by atoms with Gasteiger partial charge in [-0.1, -0.05) is 5.06 Å². The molecule has 0 bridgehead atoms. The monoisotopic (exact) mass is 290 g/mol. The Hall–Kier alpha value is -1.34. The summed E-state index contributed by atoms with van der Waals surface area (Å²) in [5.41, 5.74) is 3.86. The molecular formula is C13H26N2O5. The van der Waals surface area contributed by atoms with E-state index in [4.69, 9.17) is 20.0 Å². The number of nitrogens with two attached hydrogens (primary N) is 1. The van der Waals surface area contributed by atoms with Crippen molar-refractivity contribution < 1.29 is 23.9 Å². The fourth-order valence-corrected chi connectivity index (χ4v) is 1.03. The van der Waals surface area contributed by atoms with Crippen molar-refractivity contribution in [3.05, 3.63) is 0 Å². The Bertz CT molecular complexity index is 303. The van der Waals surface area contributed by atoms with Gasteiger partial charge in [-0.15, -0.1) is 0 Å². The molecule has 0 fully saturated rings. The average molecular weight is 290 g/mol. The molecular weight excluding hydrogens is 264 g/mol. The Morgan fingerprint density at radius 3 is 1.65 bits per heavy atom. The zero-order valence-corrected chi connectivity index (χ0v) is 13.2. The number of carbonyl (C=O) groups excluding carboxylic acids is 2. The van der Waals surface area contributed by atoms with Crippen LogP contribution in [0.4, 0.5) is 9.59 Å². The van der Waals surface area contributed by atoms with Gasteiger partial charge in [-0.05, 0) is 54.5 Å². The lowest BCUT2D eigenvalue weighted by molar-refractivity contribution is -0.138. The Morgan fingerprint density at radius 2 is 1.35 bits per heavy atom. The third kappa shape index (κ3) is 8.71. The van der Waals surface area contributed by atoms with Crippen molar-refractivity contribution in [2.45, 2.75) is 59.2 Å². The predicted octanol–water partition coefficient (Wildman–Crippen LogP) is 2.44. The third-order valence-electron chi connectivity index (χ3n) is 1.69. The number of carbonyl (C=O) groups is 2. The van der Waals surface area contributed by atoms with Crippen molar-refractivity contribution in [1.82, 2.24) is 5.06 Å². The molecule has 2 N–H and O–H groups in total. The lowest BCUT2D eigenvalue weighted by atomic mass is 10.2. The van der Waals surface area contributed by atoms with Crippen LogP contribution < -0.4 is 5.73 Å². The predicted molar refractivity (Wildman–Crippen MR) is 73.9 cm³/mol. The van der Waals surface area contributed by atoms with Crippen molar-refractivity contribution in [2.75, 3.05) is 13.2 Å². The van der Waals surface area contributed by atoms with Gasteiger partial charge in [0.1, 0.15) is 11.2 Å². The van der Waals surface area contributed by atoms with Crippen LogP contribution in [0.15, 0.2) is 0 Å². The summed E-state index contributed by atoms with van der Waals surface area (Å²) < 4.78 is 10.2. The van der Waals surface area contributed by atoms with Crippen LogP contribution in [0, 0.1) is 0 Å². The topological polar surface area (TPSA) is 91.1 Å². The van der Waals surface area contributed by atoms with Crippen LogP contribution in [0.3, 0.4) is 0 Å². The van der Waals surface area contributed by atoms with Gasteiger partial charge in [0.25, 0.3) is 0 Å². The number of hydroxylamine groups is 2. The number of hydrogen-bond donors (Lipinski definition) is 1. The number of hydrogen-bond acceptors (Lipinski definition) is 6. The van der Waals surface area contributed by atoms with E-state index in [2.05, 4.69) is 0 Å². The SMILES string of the molecule is CC(C)(C)OC(=O)N(OCCCN)C(=O)OC(C)(C)C. The fourth-order valence-electron chi connectivity index (χ4n) is 1.03. The summed E-state index contributed by atoms with van der Waals surface area (Å²) >= 11 is 0. The van der Waals surface area contributed by atoms with Crippen molar-refractivity contribution >= 4 is 12.2 Å². The summed E-state index contributed by atoms with van der Waals surface area (Å²) in [7, 11) is 0. The Morgan fingerprint density at radius 1 is 0.950 bits per heavy atom. The molecule has 118 valence electrons. The minimum atomic E-state index is -0.913. The largest absolute Gasteiger partial charge is 0.444 e. The minimum absolute atomic E-state index is 0.120. The molecule has 7 nitrogen and oxygen atoms in total. The van der Waals surface area contributed by atoms with Crippen LogP contribution in [0.2, 0.25) is 0 Å². The summed E-state index contributed by atoms with van der Waals surface area (Å²) in [5, 5.41) is 0.492. The highest BCUT2D eigenvalue weighted by atomic mass is 16.8. The molecule has 0 aliphatic heterocycles. The van der Waals surface area contributed by atoms with Crippen LogP contribution >= 0.6 is 0 Å². The van der Waals surface area contributed by atoms with Gasteiger partial charge in [-0.25, -0.2) is 9.59 Å². The van der Waals surface area contributed by atoms with Crippen LogP contribution in [-0.2, 0) is 14.3 Å². The van der Waals surface area contributed by atoms with E-state index in [1.165, 1.54) is 0 Å². The molecule has 0 aromatic rings. The average Bonchev–Trinajstić information content (AvgIpc) is 2.18. The van der Waals surface area contributed by atoms with Gasteiger partial charge in [-0.2, -0.15) is 0 Å². The molecule has 0 aliphatic rings. The molecule has 0 aliphatic carbocycles. The van der Waals surface area contributed by atoms with Crippen molar-refractivity contribution in [3.63, 3.8) is 0 Å². The number of rotatable bonds is 4. The van der Waals surface area contributed by atoms with E-state index < -0.39 is 23.4 Å². The van der Waals surface area contributed by atoms with Gasteiger partial charge in [-0.3, -0.25) is 4.84 Å². The van der Waals surface area contributed by atoms with E-state index in [-0.39, 0.29) is 6.61 Å². The highest BCUT2D eigenvalue weighted by Crippen LogP contribution is 2.14. The van der Waals surface area contributed by atoms with Gasteiger partial charge in [0, 0.05) is 0 Å². The van der Waals surface area contributed by atoms with Crippen LogP contribution in [-0.4, -0.2) is 41.6 Å². The number of nitrogens with zero attached hydrogens (tertiary/aromatic N) is 1. The zero-order chi connectivity index (χ0) is 16.0. The van der Waals surface area contributed by atoms with Crippen molar-refractivity contribution in [3.8, 4) is 0 Å². The molecule has 0 rings (SSSR count). The third-order valence-corrected chi connectivity index (χ3v) is 1.69. The highest BCUT2D eigenvalue weighted by molar-refractivity contribution is 5.86. The van der Waals surface area contributed by atoms with Crippen LogP contribution in [0.5, 0.6) is 0 Å². The number of imide groups is 1.